The normalized spacial score (nSPS) is 25.3. The van der Waals surface area contributed by atoms with Crippen molar-refractivity contribution in [1.82, 2.24) is 9.97 Å². The molecule has 6 nitrogen and oxygen atoms in total. The number of aromatic nitrogens is 2. The van der Waals surface area contributed by atoms with Crippen molar-refractivity contribution in [3.63, 3.8) is 0 Å². The van der Waals surface area contributed by atoms with E-state index < -0.39 is 0 Å². The highest BCUT2D eigenvalue weighted by molar-refractivity contribution is 6.10. The van der Waals surface area contributed by atoms with E-state index in [1.807, 2.05) is 36.4 Å². The van der Waals surface area contributed by atoms with Gasteiger partial charge in [0.15, 0.2) is 0 Å². The lowest BCUT2D eigenvalue weighted by molar-refractivity contribution is -0.136. The predicted octanol–water partition coefficient (Wildman–Crippen LogP) is 3.42. The molecule has 1 fully saturated rings. The minimum absolute atomic E-state index is 0.0695. The zero-order chi connectivity index (χ0) is 18.5. The van der Waals surface area contributed by atoms with Crippen LogP contribution in [0.25, 0.3) is 0 Å². The van der Waals surface area contributed by atoms with Crippen LogP contribution in [0.15, 0.2) is 59.0 Å². The summed E-state index contributed by atoms with van der Waals surface area (Å²) in [7, 11) is 0. The van der Waals surface area contributed by atoms with Gasteiger partial charge in [0.2, 0.25) is 0 Å². The summed E-state index contributed by atoms with van der Waals surface area (Å²) in [4.78, 5) is 20.2. The topological polar surface area (TPSA) is 76.8 Å². The lowest BCUT2D eigenvalue weighted by Gasteiger charge is -2.37. The minimum atomic E-state index is -0.234. The Kier molecular flexibility index (Phi) is 5.32. The monoisotopic (exact) mass is 362 g/mol. The van der Waals surface area contributed by atoms with Gasteiger partial charge in [-0.25, -0.2) is 0 Å². The van der Waals surface area contributed by atoms with Crippen molar-refractivity contribution < 1.29 is 9.53 Å². The van der Waals surface area contributed by atoms with E-state index in [-0.39, 0.29) is 17.9 Å². The second kappa shape index (κ2) is 8.20. The minimum Gasteiger partial charge on any atom is -0.464 e. The van der Waals surface area contributed by atoms with Crippen LogP contribution in [0.3, 0.4) is 0 Å². The highest BCUT2D eigenvalue weighted by Crippen LogP contribution is 2.37. The molecule has 0 N–H and O–H groups in total. The van der Waals surface area contributed by atoms with Crippen LogP contribution < -0.4 is 0 Å². The van der Waals surface area contributed by atoms with E-state index in [4.69, 9.17) is 4.74 Å². The first-order valence-electron chi connectivity index (χ1n) is 9.46. The molecule has 3 atom stereocenters. The fourth-order valence-corrected chi connectivity index (χ4v) is 4.14. The smallest absolute Gasteiger partial charge is 0.293 e. The maximum absolute atomic E-state index is 11.2. The first-order valence-corrected chi connectivity index (χ1v) is 9.46. The molecular weight excluding hydrogens is 340 g/mol. The first kappa shape index (κ1) is 17.5. The van der Waals surface area contributed by atoms with Crippen LogP contribution in [-0.2, 0) is 9.53 Å². The third kappa shape index (κ3) is 3.65. The molecule has 4 rings (SSSR count). The molecule has 0 radical (unpaired) electrons. The van der Waals surface area contributed by atoms with Gasteiger partial charge in [0.05, 0.1) is 28.7 Å². The van der Waals surface area contributed by atoms with E-state index in [1.54, 1.807) is 12.4 Å². The number of rotatable bonds is 4. The summed E-state index contributed by atoms with van der Waals surface area (Å²) in [6.07, 6.45) is 8.34. The molecule has 27 heavy (non-hydrogen) atoms. The first-order chi connectivity index (χ1) is 13.4. The zero-order valence-corrected chi connectivity index (χ0v) is 15.1. The SMILES string of the molecule is O=COC1CCCCCC2C(c3ccccn3)=NN=C(c3ccccn3)C12. The maximum atomic E-state index is 11.2. The molecule has 3 heterocycles. The number of hydrogen-bond acceptors (Lipinski definition) is 6. The van der Waals surface area contributed by atoms with Gasteiger partial charge in [-0.05, 0) is 43.5 Å². The third-order valence-electron chi connectivity index (χ3n) is 5.36. The lowest BCUT2D eigenvalue weighted by Crippen LogP contribution is -2.43. The van der Waals surface area contributed by atoms with Gasteiger partial charge >= 0.3 is 0 Å². The molecule has 0 amide bonds. The van der Waals surface area contributed by atoms with Crippen molar-refractivity contribution in [2.24, 2.45) is 22.0 Å². The van der Waals surface area contributed by atoms with Crippen molar-refractivity contribution >= 4 is 17.9 Å². The molecular formula is C21H22N4O2. The number of carbonyl (C=O) groups excluding carboxylic acids is 1. The summed E-state index contributed by atoms with van der Waals surface area (Å²) in [5.74, 6) is 0.0274. The Balaban J connectivity index is 1.82. The van der Waals surface area contributed by atoms with E-state index in [0.717, 1.165) is 54.9 Å². The van der Waals surface area contributed by atoms with Crippen LogP contribution in [0, 0.1) is 11.8 Å². The average molecular weight is 362 g/mol. The van der Waals surface area contributed by atoms with E-state index in [9.17, 15) is 4.79 Å². The molecule has 0 bridgehead atoms. The summed E-state index contributed by atoms with van der Waals surface area (Å²) in [5, 5.41) is 9.12. The Morgan fingerprint density at radius 2 is 1.52 bits per heavy atom. The Labute approximate surface area is 158 Å². The van der Waals surface area contributed by atoms with Crippen molar-refractivity contribution in [3.05, 3.63) is 60.2 Å². The largest absolute Gasteiger partial charge is 0.464 e. The summed E-state index contributed by atoms with van der Waals surface area (Å²) >= 11 is 0. The van der Waals surface area contributed by atoms with Crippen LogP contribution in [0.5, 0.6) is 0 Å². The molecule has 1 aliphatic carbocycles. The lowest BCUT2D eigenvalue weighted by atomic mass is 9.72. The fraction of sp³-hybridized carbons (Fsp3) is 0.381. The quantitative estimate of drug-likeness (QED) is 0.781. The Bertz CT molecular complexity index is 836. The Morgan fingerprint density at radius 1 is 0.852 bits per heavy atom. The molecule has 2 aliphatic rings. The predicted molar refractivity (Wildman–Crippen MR) is 103 cm³/mol. The third-order valence-corrected chi connectivity index (χ3v) is 5.36. The summed E-state index contributed by atoms with van der Waals surface area (Å²) in [6, 6.07) is 11.6. The number of fused-ring (bicyclic) bond motifs is 1. The molecule has 0 aromatic carbocycles. The standard InChI is InChI=1S/C21H22N4O2/c26-14-27-18-11-3-1-2-8-15-19(18)21(17-10-5-7-13-23-17)25-24-20(15)16-9-4-6-12-22-16/h4-7,9-10,12-15,18-19H,1-3,8,11H2. The Morgan fingerprint density at radius 3 is 2.19 bits per heavy atom. The van der Waals surface area contributed by atoms with Crippen molar-refractivity contribution in [2.75, 3.05) is 0 Å². The van der Waals surface area contributed by atoms with E-state index in [1.165, 1.54) is 0 Å². The van der Waals surface area contributed by atoms with Gasteiger partial charge in [-0.1, -0.05) is 25.0 Å². The molecule has 3 unspecified atom stereocenters. The number of hydrogen-bond donors (Lipinski definition) is 0. The van der Waals surface area contributed by atoms with Crippen molar-refractivity contribution in [2.45, 2.75) is 38.2 Å². The van der Waals surface area contributed by atoms with Gasteiger partial charge in [0.1, 0.15) is 6.10 Å². The fourth-order valence-electron chi connectivity index (χ4n) is 4.14. The van der Waals surface area contributed by atoms with Crippen LogP contribution in [0.1, 0.15) is 43.5 Å². The van der Waals surface area contributed by atoms with Gasteiger partial charge < -0.3 is 4.74 Å². The molecule has 0 spiro atoms. The summed E-state index contributed by atoms with van der Waals surface area (Å²) in [6.45, 7) is 0.561. The molecule has 138 valence electrons. The zero-order valence-electron chi connectivity index (χ0n) is 15.1. The van der Waals surface area contributed by atoms with E-state index in [0.29, 0.717) is 6.47 Å². The van der Waals surface area contributed by atoms with Gasteiger partial charge in [0.25, 0.3) is 6.47 Å². The highest BCUT2D eigenvalue weighted by Gasteiger charge is 2.42. The van der Waals surface area contributed by atoms with Crippen molar-refractivity contribution in [1.29, 1.82) is 0 Å². The molecule has 2 aromatic heterocycles. The molecule has 0 saturated heterocycles. The molecule has 1 aliphatic heterocycles. The van der Waals surface area contributed by atoms with Crippen molar-refractivity contribution in [3.8, 4) is 0 Å². The van der Waals surface area contributed by atoms with Gasteiger partial charge in [-0.15, -0.1) is 0 Å². The molecule has 1 saturated carbocycles. The van der Waals surface area contributed by atoms with Crippen LogP contribution in [0.4, 0.5) is 0 Å². The van der Waals surface area contributed by atoms with Gasteiger partial charge in [0, 0.05) is 18.3 Å². The van der Waals surface area contributed by atoms with Crippen LogP contribution >= 0.6 is 0 Å². The van der Waals surface area contributed by atoms with Gasteiger partial charge in [-0.2, -0.15) is 10.2 Å². The molecule has 6 heteroatoms. The highest BCUT2D eigenvalue weighted by atomic mass is 16.5. The molecule has 2 aromatic rings. The van der Waals surface area contributed by atoms with Gasteiger partial charge in [-0.3, -0.25) is 14.8 Å². The van der Waals surface area contributed by atoms with Crippen LogP contribution in [0.2, 0.25) is 0 Å². The summed E-state index contributed by atoms with van der Waals surface area (Å²) in [5.41, 5.74) is 3.30. The average Bonchev–Trinajstić information content (AvgIpc) is 2.72. The summed E-state index contributed by atoms with van der Waals surface area (Å²) < 4.78 is 5.56. The number of nitrogens with zero attached hydrogens (tertiary/aromatic N) is 4. The van der Waals surface area contributed by atoms with E-state index >= 15 is 0 Å². The second-order valence-corrected chi connectivity index (χ2v) is 6.94. The van der Waals surface area contributed by atoms with Crippen LogP contribution in [-0.4, -0.2) is 34.0 Å². The number of carbonyl (C=O) groups is 1. The second-order valence-electron chi connectivity index (χ2n) is 6.94. The van der Waals surface area contributed by atoms with E-state index in [2.05, 4.69) is 20.2 Å². The Hall–Kier alpha value is -2.89. The maximum Gasteiger partial charge on any atom is 0.293 e. The number of ether oxygens (including phenoxy) is 1. The number of pyridine rings is 2.